The van der Waals surface area contributed by atoms with Crippen molar-refractivity contribution >= 4 is 17.8 Å². The van der Waals surface area contributed by atoms with Crippen LogP contribution in [0.1, 0.15) is 0 Å². The molecule has 1 aliphatic heterocycles. The molecule has 0 unspecified atom stereocenters. The molecule has 2 rings (SSSR count). The molecule has 5 heteroatoms. The predicted molar refractivity (Wildman–Crippen MR) is 72.4 cm³/mol. The van der Waals surface area contributed by atoms with Crippen LogP contribution in [0.4, 0.5) is 11.4 Å². The highest BCUT2D eigenvalue weighted by Crippen LogP contribution is 2.31. The zero-order valence-electron chi connectivity index (χ0n) is 10.8. The zero-order chi connectivity index (χ0) is 13.0. The van der Waals surface area contributed by atoms with Crippen LogP contribution in [0.15, 0.2) is 18.2 Å². The van der Waals surface area contributed by atoms with Gasteiger partial charge in [0.25, 0.3) is 0 Å². The van der Waals surface area contributed by atoms with Crippen LogP contribution in [-0.4, -0.2) is 51.6 Å². The smallest absolute Gasteiger partial charge is 0.211 e. The topological polar surface area (TPSA) is 44.8 Å². The van der Waals surface area contributed by atoms with E-state index < -0.39 is 0 Å². The van der Waals surface area contributed by atoms with Crippen molar-refractivity contribution in [1.29, 1.82) is 0 Å². The van der Waals surface area contributed by atoms with Gasteiger partial charge >= 0.3 is 0 Å². The van der Waals surface area contributed by atoms with E-state index in [4.69, 9.17) is 4.74 Å². The maximum atomic E-state index is 10.5. The summed E-state index contributed by atoms with van der Waals surface area (Å²) >= 11 is 0. The maximum Gasteiger partial charge on any atom is 0.211 e. The van der Waals surface area contributed by atoms with E-state index >= 15 is 0 Å². The first-order valence-electron chi connectivity index (χ1n) is 6.06. The normalized spacial score (nSPS) is 16.4. The van der Waals surface area contributed by atoms with Gasteiger partial charge in [-0.15, -0.1) is 0 Å². The summed E-state index contributed by atoms with van der Waals surface area (Å²) in [7, 11) is 3.79. The average molecular weight is 249 g/mol. The van der Waals surface area contributed by atoms with Crippen molar-refractivity contribution in [3.05, 3.63) is 18.2 Å². The number of anilines is 2. The number of nitrogens with zero attached hydrogens (tertiary/aromatic N) is 2. The third-order valence-corrected chi connectivity index (χ3v) is 3.25. The number of nitrogens with one attached hydrogen (secondary N) is 1. The minimum absolute atomic E-state index is 0.690. The van der Waals surface area contributed by atoms with E-state index in [0.717, 1.165) is 43.3 Å². The molecule has 98 valence electrons. The molecule has 1 heterocycles. The molecular formula is C13H19N3O2. The molecule has 0 spiro atoms. The van der Waals surface area contributed by atoms with Gasteiger partial charge in [0.15, 0.2) is 0 Å². The number of ether oxygens (including phenoxy) is 1. The highest BCUT2D eigenvalue weighted by atomic mass is 16.5. The molecule has 1 saturated heterocycles. The van der Waals surface area contributed by atoms with Gasteiger partial charge in [-0.2, -0.15) is 0 Å². The number of carbonyl (C=O) groups excluding carboxylic acids is 1. The molecule has 0 aromatic heterocycles. The molecule has 1 aliphatic rings. The van der Waals surface area contributed by atoms with Crippen LogP contribution in [0.5, 0.6) is 5.75 Å². The highest BCUT2D eigenvalue weighted by Gasteiger charge is 2.17. The largest absolute Gasteiger partial charge is 0.495 e. The fourth-order valence-corrected chi connectivity index (χ4v) is 2.14. The van der Waals surface area contributed by atoms with E-state index in [1.165, 1.54) is 0 Å². The number of amides is 1. The summed E-state index contributed by atoms with van der Waals surface area (Å²) in [6, 6.07) is 5.69. The van der Waals surface area contributed by atoms with E-state index in [9.17, 15) is 4.79 Å². The Labute approximate surface area is 107 Å². The Morgan fingerprint density at radius 1 is 1.28 bits per heavy atom. The second-order valence-electron chi connectivity index (χ2n) is 4.44. The van der Waals surface area contributed by atoms with E-state index in [0.29, 0.717) is 6.41 Å². The molecule has 0 bridgehead atoms. The Balaban J connectivity index is 2.23. The zero-order valence-corrected chi connectivity index (χ0v) is 10.8. The lowest BCUT2D eigenvalue weighted by atomic mass is 10.2. The van der Waals surface area contributed by atoms with Gasteiger partial charge in [-0.25, -0.2) is 0 Å². The van der Waals surface area contributed by atoms with Crippen LogP contribution in [0, 0.1) is 0 Å². The third kappa shape index (κ3) is 2.73. The maximum absolute atomic E-state index is 10.5. The van der Waals surface area contributed by atoms with Crippen LogP contribution < -0.4 is 15.0 Å². The minimum atomic E-state index is 0.690. The Morgan fingerprint density at radius 2 is 2.00 bits per heavy atom. The van der Waals surface area contributed by atoms with Gasteiger partial charge in [-0.1, -0.05) is 0 Å². The number of piperazine rings is 1. The molecule has 0 radical (unpaired) electrons. The quantitative estimate of drug-likeness (QED) is 0.809. The Hall–Kier alpha value is -1.75. The first-order chi connectivity index (χ1) is 8.74. The van der Waals surface area contributed by atoms with E-state index in [1.807, 2.05) is 18.2 Å². The molecule has 1 aromatic carbocycles. The van der Waals surface area contributed by atoms with Crippen molar-refractivity contribution in [3.63, 3.8) is 0 Å². The summed E-state index contributed by atoms with van der Waals surface area (Å²) < 4.78 is 5.39. The summed E-state index contributed by atoms with van der Waals surface area (Å²) in [5, 5.41) is 2.67. The average Bonchev–Trinajstić information content (AvgIpc) is 2.40. The van der Waals surface area contributed by atoms with Gasteiger partial charge in [0.2, 0.25) is 6.41 Å². The van der Waals surface area contributed by atoms with Crippen molar-refractivity contribution in [1.82, 2.24) is 4.90 Å². The van der Waals surface area contributed by atoms with E-state index in [-0.39, 0.29) is 0 Å². The number of methoxy groups -OCH3 is 1. The molecular weight excluding hydrogens is 230 g/mol. The number of carbonyl (C=O) groups is 1. The highest BCUT2D eigenvalue weighted by molar-refractivity contribution is 5.76. The lowest BCUT2D eigenvalue weighted by molar-refractivity contribution is -0.105. The van der Waals surface area contributed by atoms with Crippen LogP contribution in [0.25, 0.3) is 0 Å². The number of hydrogen-bond acceptors (Lipinski definition) is 4. The number of hydrogen-bond donors (Lipinski definition) is 1. The number of likely N-dealkylation sites (N-methyl/N-ethyl adjacent to an activating group) is 1. The van der Waals surface area contributed by atoms with E-state index in [2.05, 4.69) is 22.2 Å². The molecule has 0 atom stereocenters. The third-order valence-electron chi connectivity index (χ3n) is 3.25. The second-order valence-corrected chi connectivity index (χ2v) is 4.44. The summed E-state index contributed by atoms with van der Waals surface area (Å²) in [5.41, 5.74) is 1.83. The summed E-state index contributed by atoms with van der Waals surface area (Å²) in [4.78, 5) is 15.1. The first-order valence-corrected chi connectivity index (χ1v) is 6.06. The van der Waals surface area contributed by atoms with Crippen LogP contribution in [-0.2, 0) is 4.79 Å². The first kappa shape index (κ1) is 12.7. The van der Waals surface area contributed by atoms with Crippen LogP contribution in [0.2, 0.25) is 0 Å². The van der Waals surface area contributed by atoms with Gasteiger partial charge in [0.1, 0.15) is 5.75 Å². The van der Waals surface area contributed by atoms with Gasteiger partial charge in [0, 0.05) is 31.9 Å². The van der Waals surface area contributed by atoms with Crippen molar-refractivity contribution in [2.75, 3.05) is 50.6 Å². The van der Waals surface area contributed by atoms with Crippen molar-refractivity contribution in [3.8, 4) is 5.75 Å². The summed E-state index contributed by atoms with van der Waals surface area (Å²) in [6.45, 7) is 4.01. The second kappa shape index (κ2) is 5.73. The molecule has 1 aromatic rings. The lowest BCUT2D eigenvalue weighted by Gasteiger charge is -2.34. The molecule has 0 aliphatic carbocycles. The Bertz CT molecular complexity index is 415. The van der Waals surface area contributed by atoms with Gasteiger partial charge in [0.05, 0.1) is 12.8 Å². The van der Waals surface area contributed by atoms with E-state index in [1.54, 1.807) is 7.11 Å². The lowest BCUT2D eigenvalue weighted by Crippen LogP contribution is -2.44. The molecule has 0 saturated carbocycles. The Morgan fingerprint density at radius 3 is 2.61 bits per heavy atom. The monoisotopic (exact) mass is 249 g/mol. The molecule has 18 heavy (non-hydrogen) atoms. The Kier molecular flexibility index (Phi) is 4.04. The molecule has 1 fully saturated rings. The van der Waals surface area contributed by atoms with Gasteiger partial charge < -0.3 is 19.9 Å². The minimum Gasteiger partial charge on any atom is -0.495 e. The molecule has 5 nitrogen and oxygen atoms in total. The molecule has 1 amide bonds. The molecule has 1 N–H and O–H groups in total. The van der Waals surface area contributed by atoms with Crippen molar-refractivity contribution in [2.24, 2.45) is 0 Å². The summed E-state index contributed by atoms with van der Waals surface area (Å²) in [6.07, 6.45) is 0.690. The summed E-state index contributed by atoms with van der Waals surface area (Å²) in [5.74, 6) is 0.844. The standard InChI is InChI=1S/C13H19N3O2/c1-15-5-7-16(8-6-15)12-9-11(14-10-17)3-4-13(12)18-2/h3-4,9-10H,5-8H2,1-2H3,(H,14,17). The van der Waals surface area contributed by atoms with Gasteiger partial charge in [-0.3, -0.25) is 4.79 Å². The van der Waals surface area contributed by atoms with Crippen LogP contribution >= 0.6 is 0 Å². The predicted octanol–water partition coefficient (Wildman–Crippen LogP) is 1.02. The SMILES string of the molecule is COc1ccc(NC=O)cc1N1CCN(C)CC1. The van der Waals surface area contributed by atoms with Gasteiger partial charge in [-0.05, 0) is 25.2 Å². The fourth-order valence-electron chi connectivity index (χ4n) is 2.14. The number of rotatable bonds is 4. The fraction of sp³-hybridized carbons (Fsp3) is 0.462. The number of benzene rings is 1. The van der Waals surface area contributed by atoms with Crippen molar-refractivity contribution in [2.45, 2.75) is 0 Å². The van der Waals surface area contributed by atoms with Crippen molar-refractivity contribution < 1.29 is 9.53 Å². The van der Waals surface area contributed by atoms with Crippen LogP contribution in [0.3, 0.4) is 0 Å².